The molecule has 102 valence electrons. The number of nitrogens with one attached hydrogen (secondary N) is 1. The van der Waals surface area contributed by atoms with E-state index in [4.69, 9.17) is 0 Å². The first-order chi connectivity index (χ1) is 7.94. The highest BCUT2D eigenvalue weighted by molar-refractivity contribution is 4.84. The van der Waals surface area contributed by atoms with Crippen molar-refractivity contribution >= 4 is 0 Å². The lowest BCUT2D eigenvalue weighted by Crippen LogP contribution is -2.49. The molecule has 0 saturated carbocycles. The van der Waals surface area contributed by atoms with Gasteiger partial charge in [0.05, 0.1) is 0 Å². The van der Waals surface area contributed by atoms with Gasteiger partial charge in [-0.2, -0.15) is 13.2 Å². The molecule has 5 heteroatoms. The van der Waals surface area contributed by atoms with Gasteiger partial charge in [0.15, 0.2) is 0 Å². The summed E-state index contributed by atoms with van der Waals surface area (Å²) in [5, 5.41) is 3.34. The molecule has 2 unspecified atom stereocenters. The molecule has 1 rings (SSSR count). The number of hydrogen-bond donors (Lipinski definition) is 1. The smallest absolute Gasteiger partial charge is 0.313 e. The van der Waals surface area contributed by atoms with Crippen LogP contribution in [0, 0.1) is 5.92 Å². The van der Waals surface area contributed by atoms with Gasteiger partial charge in [-0.15, -0.1) is 0 Å². The summed E-state index contributed by atoms with van der Waals surface area (Å²) in [4.78, 5) is 2.12. The van der Waals surface area contributed by atoms with Gasteiger partial charge in [0.2, 0.25) is 0 Å². The molecule has 17 heavy (non-hydrogen) atoms. The van der Waals surface area contributed by atoms with Crippen molar-refractivity contribution in [2.24, 2.45) is 5.92 Å². The number of likely N-dealkylation sites (tertiary alicyclic amines) is 1. The van der Waals surface area contributed by atoms with E-state index in [2.05, 4.69) is 17.1 Å². The minimum atomic E-state index is -4.03. The summed E-state index contributed by atoms with van der Waals surface area (Å²) in [6, 6.07) is 0.219. The van der Waals surface area contributed by atoms with Gasteiger partial charge in [-0.05, 0) is 31.8 Å². The van der Waals surface area contributed by atoms with E-state index in [1.807, 2.05) is 6.92 Å². The Bertz CT molecular complexity index is 218. The van der Waals surface area contributed by atoms with Crippen LogP contribution in [0.2, 0.25) is 0 Å². The van der Waals surface area contributed by atoms with E-state index >= 15 is 0 Å². The molecular formula is C12H23F3N2. The van der Waals surface area contributed by atoms with Crippen molar-refractivity contribution in [2.75, 3.05) is 26.2 Å². The Labute approximate surface area is 102 Å². The quantitative estimate of drug-likeness (QED) is 0.809. The summed E-state index contributed by atoms with van der Waals surface area (Å²) in [5.41, 5.74) is 0. The SMILES string of the molecule is CCCNC1CC(CC(F)(F)F)CN(CC)C1. The zero-order chi connectivity index (χ0) is 12.9. The molecule has 0 spiro atoms. The summed E-state index contributed by atoms with van der Waals surface area (Å²) >= 11 is 0. The fraction of sp³-hybridized carbons (Fsp3) is 1.00. The van der Waals surface area contributed by atoms with Crippen LogP contribution in [0.15, 0.2) is 0 Å². The van der Waals surface area contributed by atoms with Crippen LogP contribution in [0.1, 0.15) is 33.1 Å². The van der Waals surface area contributed by atoms with Gasteiger partial charge < -0.3 is 10.2 Å². The lowest BCUT2D eigenvalue weighted by atomic mass is 9.91. The Morgan fingerprint density at radius 2 is 1.94 bits per heavy atom. The molecule has 2 nitrogen and oxygen atoms in total. The van der Waals surface area contributed by atoms with Crippen LogP contribution in [0.5, 0.6) is 0 Å². The fourth-order valence-corrected chi connectivity index (χ4v) is 2.53. The summed E-state index contributed by atoms with van der Waals surface area (Å²) in [7, 11) is 0. The molecule has 1 fully saturated rings. The summed E-state index contributed by atoms with van der Waals surface area (Å²) in [5.74, 6) is -0.252. The van der Waals surface area contributed by atoms with Crippen LogP contribution in [0.3, 0.4) is 0 Å². The lowest BCUT2D eigenvalue weighted by molar-refractivity contribution is -0.148. The van der Waals surface area contributed by atoms with Crippen molar-refractivity contribution in [2.45, 2.75) is 45.3 Å². The normalized spacial score (nSPS) is 27.4. The molecular weight excluding hydrogens is 229 g/mol. The zero-order valence-corrected chi connectivity index (χ0v) is 10.7. The van der Waals surface area contributed by atoms with Gasteiger partial charge in [0, 0.05) is 25.6 Å². The van der Waals surface area contributed by atoms with E-state index in [-0.39, 0.29) is 12.0 Å². The first-order valence-corrected chi connectivity index (χ1v) is 6.47. The number of piperidine rings is 1. The highest BCUT2D eigenvalue weighted by atomic mass is 19.4. The maximum atomic E-state index is 12.4. The average molecular weight is 252 g/mol. The van der Waals surface area contributed by atoms with Gasteiger partial charge >= 0.3 is 6.18 Å². The van der Waals surface area contributed by atoms with Crippen LogP contribution in [0.4, 0.5) is 13.2 Å². The number of hydrogen-bond acceptors (Lipinski definition) is 2. The monoisotopic (exact) mass is 252 g/mol. The molecule has 0 radical (unpaired) electrons. The third kappa shape index (κ3) is 5.73. The van der Waals surface area contributed by atoms with Crippen LogP contribution >= 0.6 is 0 Å². The fourth-order valence-electron chi connectivity index (χ4n) is 2.53. The molecule has 1 aliphatic rings. The predicted octanol–water partition coefficient (Wildman–Crippen LogP) is 2.65. The number of likely N-dealkylation sites (N-methyl/N-ethyl adjacent to an activating group) is 1. The maximum absolute atomic E-state index is 12.4. The van der Waals surface area contributed by atoms with Crippen molar-refractivity contribution in [3.05, 3.63) is 0 Å². The molecule has 0 aromatic rings. The van der Waals surface area contributed by atoms with Crippen molar-refractivity contribution in [3.63, 3.8) is 0 Å². The second-order valence-electron chi connectivity index (χ2n) is 4.92. The van der Waals surface area contributed by atoms with Crippen molar-refractivity contribution in [1.29, 1.82) is 0 Å². The third-order valence-electron chi connectivity index (χ3n) is 3.26. The Hall–Kier alpha value is -0.290. The van der Waals surface area contributed by atoms with E-state index < -0.39 is 12.6 Å². The average Bonchev–Trinajstić information content (AvgIpc) is 2.23. The minimum Gasteiger partial charge on any atom is -0.313 e. The Kier molecular flexibility index (Phi) is 5.73. The predicted molar refractivity (Wildman–Crippen MR) is 63.0 cm³/mol. The van der Waals surface area contributed by atoms with Crippen molar-refractivity contribution in [1.82, 2.24) is 10.2 Å². The van der Waals surface area contributed by atoms with Gasteiger partial charge in [-0.1, -0.05) is 13.8 Å². The highest BCUT2D eigenvalue weighted by Gasteiger charge is 2.36. The van der Waals surface area contributed by atoms with E-state index in [1.165, 1.54) is 0 Å². The van der Waals surface area contributed by atoms with Gasteiger partial charge in [0.25, 0.3) is 0 Å². The first kappa shape index (κ1) is 14.8. The molecule has 0 amide bonds. The maximum Gasteiger partial charge on any atom is 0.389 e. The summed E-state index contributed by atoms with van der Waals surface area (Å²) < 4.78 is 37.2. The van der Waals surface area contributed by atoms with Gasteiger partial charge in [-0.3, -0.25) is 0 Å². The first-order valence-electron chi connectivity index (χ1n) is 6.47. The van der Waals surface area contributed by atoms with Crippen molar-refractivity contribution in [3.8, 4) is 0 Å². The van der Waals surface area contributed by atoms with Gasteiger partial charge in [-0.25, -0.2) is 0 Å². The standard InChI is InChI=1S/C12H23F3N2/c1-3-5-16-11-6-10(7-12(13,14)15)8-17(4-2)9-11/h10-11,16H,3-9H2,1-2H3. The van der Waals surface area contributed by atoms with Gasteiger partial charge in [0.1, 0.15) is 0 Å². The Morgan fingerprint density at radius 3 is 2.47 bits per heavy atom. The van der Waals surface area contributed by atoms with Crippen LogP contribution in [-0.4, -0.2) is 43.3 Å². The molecule has 0 bridgehead atoms. The molecule has 1 aliphatic heterocycles. The number of nitrogens with zero attached hydrogens (tertiary/aromatic N) is 1. The van der Waals surface area contributed by atoms with E-state index in [0.717, 1.165) is 26.1 Å². The second kappa shape index (κ2) is 6.59. The lowest BCUT2D eigenvalue weighted by Gasteiger charge is -2.38. The molecule has 1 heterocycles. The minimum absolute atomic E-state index is 0.219. The Morgan fingerprint density at radius 1 is 1.24 bits per heavy atom. The van der Waals surface area contributed by atoms with Crippen LogP contribution in [0.25, 0.3) is 0 Å². The van der Waals surface area contributed by atoms with E-state index in [9.17, 15) is 13.2 Å². The van der Waals surface area contributed by atoms with Crippen molar-refractivity contribution < 1.29 is 13.2 Å². The molecule has 0 aromatic carbocycles. The topological polar surface area (TPSA) is 15.3 Å². The number of alkyl halides is 3. The molecule has 0 aliphatic carbocycles. The van der Waals surface area contributed by atoms with Crippen LogP contribution in [-0.2, 0) is 0 Å². The molecule has 2 atom stereocenters. The number of rotatable bonds is 5. The second-order valence-corrected chi connectivity index (χ2v) is 4.92. The Balaban J connectivity index is 2.48. The van der Waals surface area contributed by atoms with E-state index in [0.29, 0.717) is 13.0 Å². The third-order valence-corrected chi connectivity index (χ3v) is 3.26. The molecule has 1 N–H and O–H groups in total. The highest BCUT2D eigenvalue weighted by Crippen LogP contribution is 2.30. The summed E-state index contributed by atoms with van der Waals surface area (Å²) in [6.07, 6.45) is -3.01. The zero-order valence-electron chi connectivity index (χ0n) is 10.7. The largest absolute Gasteiger partial charge is 0.389 e. The van der Waals surface area contributed by atoms with E-state index in [1.54, 1.807) is 0 Å². The molecule has 0 aromatic heterocycles. The van der Waals surface area contributed by atoms with Crippen LogP contribution < -0.4 is 5.32 Å². The number of halogens is 3. The summed E-state index contributed by atoms with van der Waals surface area (Å²) in [6.45, 7) is 7.26. The molecule has 1 saturated heterocycles.